The Hall–Kier alpha value is -0.980. The molecule has 0 atom stereocenters. The molecule has 2 aromatic carbocycles. The minimum Gasteiger partial charge on any atom is -0.279 e. The topological polar surface area (TPSA) is 54.5 Å². The van der Waals surface area contributed by atoms with E-state index in [0.717, 1.165) is 4.31 Å². The predicted molar refractivity (Wildman–Crippen MR) is 98.0 cm³/mol. The maximum Gasteiger partial charge on any atom is 0.264 e. The van der Waals surface area contributed by atoms with Gasteiger partial charge in [0, 0.05) is 5.02 Å². The molecule has 0 heterocycles. The molecule has 0 aliphatic carbocycles. The largest absolute Gasteiger partial charge is 0.279 e. The number of rotatable bonds is 5. The number of carbonyl (C=O) groups excluding carboxylic acids is 1. The fraction of sp³-hybridized carbons (Fsp3) is 0.133. The zero-order valence-corrected chi connectivity index (χ0v) is 16.1. The van der Waals surface area contributed by atoms with Crippen molar-refractivity contribution >= 4 is 67.4 Å². The lowest BCUT2D eigenvalue weighted by Crippen LogP contribution is -2.34. The summed E-state index contributed by atoms with van der Waals surface area (Å²) in [6.45, 7) is 1.18. The van der Waals surface area contributed by atoms with Crippen LogP contribution in [0.4, 0.5) is 5.69 Å². The van der Waals surface area contributed by atoms with Crippen molar-refractivity contribution in [3.05, 3.63) is 57.0 Å². The number of halogens is 4. The molecule has 0 aromatic heterocycles. The molecular weight excluding hydrogens is 416 g/mol. The second-order valence-electron chi connectivity index (χ2n) is 4.88. The van der Waals surface area contributed by atoms with Crippen LogP contribution >= 0.6 is 46.4 Å². The normalized spacial score (nSPS) is 11.4. The average Bonchev–Trinajstić information content (AvgIpc) is 2.50. The highest BCUT2D eigenvalue weighted by atomic mass is 35.5. The molecule has 0 radical (unpaired) electrons. The van der Waals surface area contributed by atoms with E-state index < -0.39 is 21.8 Å². The van der Waals surface area contributed by atoms with Gasteiger partial charge in [-0.15, -0.1) is 0 Å². The Bertz CT molecular complexity index is 900. The molecule has 0 fully saturated rings. The Morgan fingerprint density at radius 3 is 2.17 bits per heavy atom. The molecule has 0 aliphatic rings. The van der Waals surface area contributed by atoms with Gasteiger partial charge in [0.15, 0.2) is 0 Å². The smallest absolute Gasteiger partial charge is 0.264 e. The van der Waals surface area contributed by atoms with E-state index in [2.05, 4.69) is 0 Å². The molecule has 2 rings (SSSR count). The molecular formula is C15H11Cl4NO3S. The summed E-state index contributed by atoms with van der Waals surface area (Å²) in [5, 5.41) is -0.0471. The van der Waals surface area contributed by atoms with Gasteiger partial charge in [0.25, 0.3) is 10.0 Å². The fourth-order valence-electron chi connectivity index (χ4n) is 1.98. The van der Waals surface area contributed by atoms with E-state index in [1.807, 2.05) is 0 Å². The second kappa shape index (κ2) is 7.50. The summed E-state index contributed by atoms with van der Waals surface area (Å²) >= 11 is 23.1. The van der Waals surface area contributed by atoms with Gasteiger partial charge in [0.2, 0.25) is 5.24 Å². The van der Waals surface area contributed by atoms with Crippen molar-refractivity contribution in [3.8, 4) is 0 Å². The standard InChI is InChI=1S/C15H11Cl4NO3S/c1-9-6-10(2-4-12(9)16)20(8-15(19)21)24(22,23)11-3-5-13(17)14(18)7-11/h2-7H,8H2,1H3. The second-order valence-corrected chi connectivity index (χ2v) is 8.38. The molecule has 0 spiro atoms. The highest BCUT2D eigenvalue weighted by molar-refractivity contribution is 7.92. The third-order valence-corrected chi connectivity index (χ3v) is 6.23. The number of hydrogen-bond acceptors (Lipinski definition) is 3. The van der Waals surface area contributed by atoms with Crippen LogP contribution in [0.2, 0.25) is 15.1 Å². The van der Waals surface area contributed by atoms with E-state index in [1.165, 1.54) is 24.3 Å². The van der Waals surface area contributed by atoms with Crippen LogP contribution in [-0.2, 0) is 14.8 Å². The zero-order chi connectivity index (χ0) is 18.1. The van der Waals surface area contributed by atoms with Gasteiger partial charge in [0.1, 0.15) is 6.54 Å². The van der Waals surface area contributed by atoms with Crippen molar-refractivity contribution in [2.75, 3.05) is 10.8 Å². The maximum atomic E-state index is 12.9. The average molecular weight is 427 g/mol. The van der Waals surface area contributed by atoms with E-state index in [1.54, 1.807) is 19.1 Å². The van der Waals surface area contributed by atoms with Gasteiger partial charge in [-0.3, -0.25) is 9.10 Å². The number of carbonyl (C=O) groups is 1. The summed E-state index contributed by atoms with van der Waals surface area (Å²) in [6.07, 6.45) is 0. The van der Waals surface area contributed by atoms with E-state index >= 15 is 0 Å². The summed E-state index contributed by atoms with van der Waals surface area (Å²) in [5.41, 5.74) is 0.919. The molecule has 0 amide bonds. The van der Waals surface area contributed by atoms with Crippen molar-refractivity contribution in [2.45, 2.75) is 11.8 Å². The minimum atomic E-state index is -4.08. The molecule has 2 aromatic rings. The quantitative estimate of drug-likeness (QED) is 0.637. The van der Waals surface area contributed by atoms with Gasteiger partial charge in [-0.2, -0.15) is 0 Å². The first-order valence-electron chi connectivity index (χ1n) is 6.55. The molecule has 0 saturated heterocycles. The van der Waals surface area contributed by atoms with Crippen LogP contribution in [0, 0.1) is 6.92 Å². The van der Waals surface area contributed by atoms with Gasteiger partial charge in [-0.05, 0) is 60.5 Å². The van der Waals surface area contributed by atoms with Crippen molar-refractivity contribution < 1.29 is 13.2 Å². The first-order valence-corrected chi connectivity index (χ1v) is 9.50. The first kappa shape index (κ1) is 19.3. The monoisotopic (exact) mass is 425 g/mol. The third-order valence-electron chi connectivity index (χ3n) is 3.18. The van der Waals surface area contributed by atoms with Gasteiger partial charge < -0.3 is 0 Å². The van der Waals surface area contributed by atoms with Crippen molar-refractivity contribution in [1.82, 2.24) is 0 Å². The number of hydrogen-bond donors (Lipinski definition) is 0. The van der Waals surface area contributed by atoms with Crippen LogP contribution < -0.4 is 4.31 Å². The van der Waals surface area contributed by atoms with Crippen LogP contribution in [0.15, 0.2) is 41.3 Å². The lowest BCUT2D eigenvalue weighted by molar-refractivity contribution is -0.110. The Balaban J connectivity index is 2.59. The summed E-state index contributed by atoms with van der Waals surface area (Å²) in [4.78, 5) is 11.3. The molecule has 9 heteroatoms. The molecule has 128 valence electrons. The first-order chi connectivity index (χ1) is 11.1. The molecule has 0 bridgehead atoms. The minimum absolute atomic E-state index is 0.0854. The summed E-state index contributed by atoms with van der Waals surface area (Å²) in [6, 6.07) is 8.47. The lowest BCUT2D eigenvalue weighted by atomic mass is 10.2. The molecule has 0 aliphatic heterocycles. The summed E-state index contributed by atoms with van der Waals surface area (Å²) < 4.78 is 26.7. The van der Waals surface area contributed by atoms with E-state index in [0.29, 0.717) is 10.6 Å². The van der Waals surface area contributed by atoms with Crippen molar-refractivity contribution in [2.24, 2.45) is 0 Å². The molecule has 24 heavy (non-hydrogen) atoms. The molecule has 0 N–H and O–H groups in total. The van der Waals surface area contributed by atoms with Crippen LogP contribution in [0.1, 0.15) is 5.56 Å². The van der Waals surface area contributed by atoms with Gasteiger partial charge in [0.05, 0.1) is 20.6 Å². The number of sulfonamides is 1. The Morgan fingerprint density at radius 2 is 1.62 bits per heavy atom. The summed E-state index contributed by atoms with van der Waals surface area (Å²) in [5.74, 6) is 0. The molecule has 0 unspecified atom stereocenters. The maximum absolute atomic E-state index is 12.9. The molecule has 0 saturated carbocycles. The van der Waals surface area contributed by atoms with Crippen molar-refractivity contribution in [3.63, 3.8) is 0 Å². The lowest BCUT2D eigenvalue weighted by Gasteiger charge is -2.23. The number of aryl methyl sites for hydroxylation is 1. The fourth-order valence-corrected chi connectivity index (χ4v) is 4.09. The zero-order valence-electron chi connectivity index (χ0n) is 12.3. The molecule has 4 nitrogen and oxygen atoms in total. The van der Waals surface area contributed by atoms with E-state index in [4.69, 9.17) is 46.4 Å². The van der Waals surface area contributed by atoms with Gasteiger partial charge >= 0.3 is 0 Å². The highest BCUT2D eigenvalue weighted by Crippen LogP contribution is 2.30. The predicted octanol–water partition coefficient (Wildman–Crippen LogP) is 4.92. The Kier molecular flexibility index (Phi) is 6.04. The van der Waals surface area contributed by atoms with Gasteiger partial charge in [-0.25, -0.2) is 8.42 Å². The van der Waals surface area contributed by atoms with Crippen LogP contribution in [0.5, 0.6) is 0 Å². The van der Waals surface area contributed by atoms with E-state index in [9.17, 15) is 13.2 Å². The SMILES string of the molecule is Cc1cc(N(CC(=O)Cl)S(=O)(=O)c2ccc(Cl)c(Cl)c2)ccc1Cl. The van der Waals surface area contributed by atoms with Crippen molar-refractivity contribution in [1.29, 1.82) is 0 Å². The van der Waals surface area contributed by atoms with E-state index in [-0.39, 0.29) is 20.6 Å². The van der Waals surface area contributed by atoms with Crippen LogP contribution in [-0.4, -0.2) is 20.2 Å². The number of benzene rings is 2. The van der Waals surface area contributed by atoms with Crippen LogP contribution in [0.25, 0.3) is 0 Å². The van der Waals surface area contributed by atoms with Gasteiger partial charge in [-0.1, -0.05) is 34.8 Å². The Morgan fingerprint density at radius 1 is 1.00 bits per heavy atom. The highest BCUT2D eigenvalue weighted by Gasteiger charge is 2.27. The summed E-state index contributed by atoms with van der Waals surface area (Å²) in [7, 11) is -4.08. The van der Waals surface area contributed by atoms with Crippen LogP contribution in [0.3, 0.4) is 0 Å². The Labute approximate surface area is 159 Å². The number of anilines is 1. The number of nitrogens with zero attached hydrogens (tertiary/aromatic N) is 1. The third kappa shape index (κ3) is 4.16.